The van der Waals surface area contributed by atoms with Crippen molar-refractivity contribution in [1.82, 2.24) is 24.8 Å². The molecule has 0 aliphatic carbocycles. The van der Waals surface area contributed by atoms with Crippen LogP contribution in [-0.2, 0) is 0 Å². The Balaban J connectivity index is 1.54. The molecule has 2 aromatic heterocycles. The zero-order chi connectivity index (χ0) is 20.5. The molecule has 0 radical (unpaired) electrons. The van der Waals surface area contributed by atoms with E-state index in [1.807, 2.05) is 4.90 Å². The number of nitrogens with zero attached hydrogens (tertiary/aromatic N) is 5. The van der Waals surface area contributed by atoms with Crippen LogP contribution in [0.5, 0.6) is 0 Å². The van der Waals surface area contributed by atoms with E-state index in [-0.39, 0.29) is 17.8 Å². The predicted octanol–water partition coefficient (Wildman–Crippen LogP) is 3.53. The second-order valence-electron chi connectivity index (χ2n) is 8.15. The average Bonchev–Trinajstić information content (AvgIpc) is 3.45. The number of hydrogen-bond acceptors (Lipinski definition) is 5. The number of halogens is 1. The molecule has 2 aliphatic rings. The number of rotatable bonds is 4. The first-order valence-corrected chi connectivity index (χ1v) is 10.6. The first kappa shape index (κ1) is 19.1. The van der Waals surface area contributed by atoms with E-state index in [4.69, 9.17) is 0 Å². The molecule has 0 saturated carbocycles. The van der Waals surface area contributed by atoms with Crippen LogP contribution < -0.4 is 0 Å². The van der Waals surface area contributed by atoms with Crippen molar-refractivity contribution in [1.29, 1.82) is 0 Å². The van der Waals surface area contributed by atoms with Crippen molar-refractivity contribution in [3.05, 3.63) is 54.4 Å². The van der Waals surface area contributed by atoms with Crippen molar-refractivity contribution >= 4 is 16.8 Å². The van der Waals surface area contributed by atoms with Crippen LogP contribution in [-0.4, -0.2) is 62.9 Å². The van der Waals surface area contributed by atoms with E-state index in [1.54, 1.807) is 24.5 Å². The van der Waals surface area contributed by atoms with Crippen molar-refractivity contribution in [3.8, 4) is 11.3 Å². The van der Waals surface area contributed by atoms with E-state index < -0.39 is 0 Å². The molecule has 6 nitrogen and oxygen atoms in total. The fourth-order valence-corrected chi connectivity index (χ4v) is 4.67. The summed E-state index contributed by atoms with van der Waals surface area (Å²) in [6, 6.07) is 6.44. The van der Waals surface area contributed by atoms with Crippen LogP contribution in [0.15, 0.2) is 43.0 Å². The minimum atomic E-state index is -0.372. The van der Waals surface area contributed by atoms with Gasteiger partial charge in [-0.3, -0.25) is 4.79 Å². The monoisotopic (exact) mass is 405 g/mol. The summed E-state index contributed by atoms with van der Waals surface area (Å²) in [4.78, 5) is 30.8. The Labute approximate surface area is 174 Å². The van der Waals surface area contributed by atoms with Crippen LogP contribution in [0.4, 0.5) is 4.39 Å². The Morgan fingerprint density at radius 1 is 1.07 bits per heavy atom. The smallest absolute Gasteiger partial charge is 0.254 e. The number of amides is 1. The van der Waals surface area contributed by atoms with Gasteiger partial charge in [-0.25, -0.2) is 19.3 Å². The van der Waals surface area contributed by atoms with Gasteiger partial charge in [-0.1, -0.05) is 0 Å². The Hall–Kier alpha value is -2.93. The van der Waals surface area contributed by atoms with Gasteiger partial charge in [-0.15, -0.1) is 0 Å². The molecule has 1 aromatic carbocycles. The van der Waals surface area contributed by atoms with E-state index in [1.165, 1.54) is 31.3 Å². The normalized spacial score (nSPS) is 19.6. The van der Waals surface area contributed by atoms with E-state index in [0.29, 0.717) is 27.7 Å². The molecule has 2 fully saturated rings. The topological polar surface area (TPSA) is 62.2 Å². The van der Waals surface area contributed by atoms with Gasteiger partial charge in [0, 0.05) is 48.5 Å². The zero-order valence-corrected chi connectivity index (χ0v) is 16.8. The maximum absolute atomic E-state index is 13.9. The zero-order valence-electron chi connectivity index (χ0n) is 16.8. The third kappa shape index (κ3) is 3.65. The van der Waals surface area contributed by atoms with Crippen molar-refractivity contribution in [2.24, 2.45) is 0 Å². The molecule has 2 aliphatic heterocycles. The highest BCUT2D eigenvalue weighted by atomic mass is 19.1. The highest BCUT2D eigenvalue weighted by molar-refractivity contribution is 6.07. The van der Waals surface area contributed by atoms with Gasteiger partial charge in [0.05, 0.1) is 16.8 Å². The quantitative estimate of drug-likeness (QED) is 0.665. The average molecular weight is 405 g/mol. The second kappa shape index (κ2) is 8.07. The molecule has 0 spiro atoms. The first-order chi connectivity index (χ1) is 14.7. The molecule has 3 aromatic rings. The molecule has 0 bridgehead atoms. The van der Waals surface area contributed by atoms with Gasteiger partial charge >= 0.3 is 0 Å². The number of carbonyl (C=O) groups excluding carboxylic acids is 1. The van der Waals surface area contributed by atoms with Crippen LogP contribution in [0.2, 0.25) is 0 Å². The van der Waals surface area contributed by atoms with Crippen LogP contribution in [0.25, 0.3) is 22.2 Å². The predicted molar refractivity (Wildman–Crippen MR) is 112 cm³/mol. The van der Waals surface area contributed by atoms with Crippen molar-refractivity contribution < 1.29 is 9.18 Å². The molecule has 4 heterocycles. The van der Waals surface area contributed by atoms with Crippen LogP contribution in [0.3, 0.4) is 0 Å². The van der Waals surface area contributed by atoms with Gasteiger partial charge in [0.1, 0.15) is 12.1 Å². The number of aromatic nitrogens is 3. The number of benzene rings is 1. The lowest BCUT2D eigenvalue weighted by Gasteiger charge is -2.29. The molecule has 0 unspecified atom stereocenters. The fraction of sp³-hybridized carbons (Fsp3) is 0.391. The molecule has 0 N–H and O–H groups in total. The molecule has 7 heteroatoms. The Morgan fingerprint density at radius 2 is 1.87 bits per heavy atom. The Morgan fingerprint density at radius 3 is 2.67 bits per heavy atom. The molecule has 1 amide bonds. The van der Waals surface area contributed by atoms with Crippen molar-refractivity contribution in [3.63, 3.8) is 0 Å². The van der Waals surface area contributed by atoms with Crippen LogP contribution in [0.1, 0.15) is 36.0 Å². The molecule has 30 heavy (non-hydrogen) atoms. The Kier molecular flexibility index (Phi) is 5.12. The van der Waals surface area contributed by atoms with E-state index >= 15 is 0 Å². The minimum Gasteiger partial charge on any atom is -0.334 e. The lowest BCUT2D eigenvalue weighted by atomic mass is 10.0. The molecule has 154 valence electrons. The number of fused-ring (bicyclic) bond motifs is 1. The molecule has 5 rings (SSSR count). The van der Waals surface area contributed by atoms with Crippen LogP contribution >= 0.6 is 0 Å². The summed E-state index contributed by atoms with van der Waals surface area (Å²) < 4.78 is 13.9. The summed E-state index contributed by atoms with van der Waals surface area (Å²) in [5.74, 6) is -0.378. The standard InChI is InChI=1S/C23H24FN5O/c24-17-5-6-19-20(11-21(27-22(19)10-17)16-12-25-15-26-13-16)23(30)29-9-3-4-18(29)14-28-7-1-2-8-28/h5-6,10-13,15,18H,1-4,7-9,14H2/t18-/m0/s1. The Bertz CT molecular complexity index is 1070. The van der Waals surface area contributed by atoms with Gasteiger partial charge in [-0.2, -0.15) is 0 Å². The van der Waals surface area contributed by atoms with Gasteiger partial charge in [0.25, 0.3) is 5.91 Å². The highest BCUT2D eigenvalue weighted by Crippen LogP contribution is 2.29. The second-order valence-corrected chi connectivity index (χ2v) is 8.15. The summed E-state index contributed by atoms with van der Waals surface area (Å²) in [6.07, 6.45) is 9.28. The number of hydrogen-bond donors (Lipinski definition) is 0. The molecule has 1 atom stereocenters. The van der Waals surface area contributed by atoms with Gasteiger partial charge in [-0.05, 0) is 57.0 Å². The van der Waals surface area contributed by atoms with Gasteiger partial charge in [0.2, 0.25) is 0 Å². The SMILES string of the molecule is O=C(c1cc(-c2cncnc2)nc2cc(F)ccc12)N1CCC[C@H]1CN1CCCC1. The summed E-state index contributed by atoms with van der Waals surface area (Å²) in [5, 5.41) is 0.675. The highest BCUT2D eigenvalue weighted by Gasteiger charge is 2.32. The first-order valence-electron chi connectivity index (χ1n) is 10.6. The summed E-state index contributed by atoms with van der Waals surface area (Å²) in [7, 11) is 0. The molecule has 2 saturated heterocycles. The van der Waals surface area contributed by atoms with Gasteiger partial charge < -0.3 is 9.80 Å². The van der Waals surface area contributed by atoms with E-state index in [0.717, 1.165) is 39.0 Å². The van der Waals surface area contributed by atoms with Gasteiger partial charge in [0.15, 0.2) is 0 Å². The van der Waals surface area contributed by atoms with Crippen molar-refractivity contribution in [2.45, 2.75) is 31.7 Å². The maximum atomic E-state index is 13.9. The number of carbonyl (C=O) groups is 1. The third-order valence-corrected chi connectivity index (χ3v) is 6.16. The lowest BCUT2D eigenvalue weighted by Crippen LogP contribution is -2.42. The largest absolute Gasteiger partial charge is 0.334 e. The summed E-state index contributed by atoms with van der Waals surface area (Å²) in [6.45, 7) is 3.93. The van der Waals surface area contributed by atoms with Crippen LogP contribution in [0, 0.1) is 5.82 Å². The van der Waals surface area contributed by atoms with Crippen molar-refractivity contribution in [2.75, 3.05) is 26.2 Å². The summed E-state index contributed by atoms with van der Waals surface area (Å²) in [5.41, 5.74) is 2.31. The van der Waals surface area contributed by atoms with E-state index in [9.17, 15) is 9.18 Å². The minimum absolute atomic E-state index is 0.00574. The fourth-order valence-electron chi connectivity index (χ4n) is 4.67. The molecular formula is C23H24FN5O. The third-order valence-electron chi connectivity index (χ3n) is 6.16. The van der Waals surface area contributed by atoms with E-state index in [2.05, 4.69) is 19.9 Å². The summed E-state index contributed by atoms with van der Waals surface area (Å²) >= 11 is 0. The molecular weight excluding hydrogens is 381 g/mol. The number of pyridine rings is 1. The maximum Gasteiger partial charge on any atom is 0.254 e. The lowest BCUT2D eigenvalue weighted by molar-refractivity contribution is 0.0710. The number of likely N-dealkylation sites (tertiary alicyclic amines) is 2.